The van der Waals surface area contributed by atoms with Gasteiger partial charge in [-0.05, 0) is 36.8 Å². The van der Waals surface area contributed by atoms with Gasteiger partial charge in [0.1, 0.15) is 6.33 Å². The molecular weight excluding hydrogens is 335 g/mol. The van der Waals surface area contributed by atoms with Crippen LogP contribution in [0, 0.1) is 0 Å². The van der Waals surface area contributed by atoms with Crippen molar-refractivity contribution in [1.82, 2.24) is 15.0 Å². The van der Waals surface area contributed by atoms with E-state index in [0.29, 0.717) is 10.0 Å². The number of hydrogen-bond donors (Lipinski definition) is 2. The van der Waals surface area contributed by atoms with E-state index in [1.165, 1.54) is 0 Å². The van der Waals surface area contributed by atoms with Crippen LogP contribution in [0.5, 0.6) is 0 Å². The lowest BCUT2D eigenvalue weighted by atomic mass is 10.1. The highest BCUT2D eigenvalue weighted by Gasteiger charge is 2.13. The Hall–Kier alpha value is -2.24. The first-order valence-corrected chi connectivity index (χ1v) is 7.75. The van der Waals surface area contributed by atoms with Crippen LogP contribution < -0.4 is 10.7 Å². The zero-order chi connectivity index (χ0) is 16.4. The van der Waals surface area contributed by atoms with E-state index in [4.69, 9.17) is 23.2 Å². The largest absolute Gasteiger partial charge is 0.334 e. The van der Waals surface area contributed by atoms with E-state index in [1.807, 2.05) is 31.2 Å². The van der Waals surface area contributed by atoms with Crippen molar-refractivity contribution < 1.29 is 4.79 Å². The van der Waals surface area contributed by atoms with Gasteiger partial charge in [-0.15, -0.1) is 0 Å². The van der Waals surface area contributed by atoms with Crippen molar-refractivity contribution in [3.63, 3.8) is 0 Å². The van der Waals surface area contributed by atoms with Crippen LogP contribution in [0.15, 0.2) is 48.8 Å². The Morgan fingerprint density at radius 3 is 2.78 bits per heavy atom. The highest BCUT2D eigenvalue weighted by Crippen LogP contribution is 2.26. The predicted octanol–water partition coefficient (Wildman–Crippen LogP) is 4.36. The lowest BCUT2D eigenvalue weighted by molar-refractivity contribution is 0.247. The molecule has 1 aromatic heterocycles. The van der Waals surface area contributed by atoms with Crippen LogP contribution in [-0.4, -0.2) is 15.7 Å². The van der Waals surface area contributed by atoms with Crippen LogP contribution in [0.3, 0.4) is 0 Å². The molecule has 0 aliphatic carbocycles. The highest BCUT2D eigenvalue weighted by molar-refractivity contribution is 6.35. The fourth-order valence-electron chi connectivity index (χ4n) is 2.32. The minimum Gasteiger partial charge on any atom is -0.330 e. The molecule has 1 atom stereocenters. The maximum Gasteiger partial charge on any atom is 0.334 e. The Kier molecular flexibility index (Phi) is 4.41. The molecule has 7 heteroatoms. The molecule has 3 aromatic rings. The van der Waals surface area contributed by atoms with Crippen LogP contribution in [0.4, 0.5) is 4.79 Å². The van der Waals surface area contributed by atoms with Crippen LogP contribution in [-0.2, 0) is 0 Å². The molecule has 0 spiro atoms. The summed E-state index contributed by atoms with van der Waals surface area (Å²) in [6, 6.07) is 12.1. The number of carbonyl (C=O) groups is 1. The van der Waals surface area contributed by atoms with E-state index >= 15 is 0 Å². The number of nitrogens with one attached hydrogen (secondary N) is 2. The highest BCUT2D eigenvalue weighted by atomic mass is 35.5. The molecular formula is C16H14Cl2N4O. The maximum atomic E-state index is 12.2. The number of halogens is 2. The maximum absolute atomic E-state index is 12.2. The summed E-state index contributed by atoms with van der Waals surface area (Å²) in [6.45, 7) is 1.85. The van der Waals surface area contributed by atoms with Crippen molar-refractivity contribution in [3.05, 3.63) is 64.4 Å². The summed E-state index contributed by atoms with van der Waals surface area (Å²) in [6.07, 6.45) is 1.56. The summed E-state index contributed by atoms with van der Waals surface area (Å²) in [7, 11) is 0. The number of imidazole rings is 1. The normalized spacial score (nSPS) is 12.1. The molecule has 23 heavy (non-hydrogen) atoms. The van der Waals surface area contributed by atoms with E-state index in [9.17, 15) is 4.79 Å². The topological polar surface area (TPSA) is 59.0 Å². The molecule has 2 aromatic carbocycles. The fourth-order valence-corrected chi connectivity index (χ4v) is 2.89. The molecule has 3 rings (SSSR count). The van der Waals surface area contributed by atoms with Gasteiger partial charge < -0.3 is 5.32 Å². The fraction of sp³-hybridized carbons (Fsp3) is 0.125. The number of amides is 2. The number of carbonyl (C=O) groups excluding carboxylic acids is 1. The van der Waals surface area contributed by atoms with Gasteiger partial charge in [-0.2, -0.15) is 0 Å². The van der Waals surface area contributed by atoms with Crippen molar-refractivity contribution in [3.8, 4) is 0 Å². The molecule has 2 N–H and O–H groups in total. The number of urea groups is 1. The first kappa shape index (κ1) is 15.6. The van der Waals surface area contributed by atoms with E-state index in [1.54, 1.807) is 29.2 Å². The molecule has 0 bridgehead atoms. The average Bonchev–Trinajstić information content (AvgIpc) is 2.90. The molecule has 0 saturated carbocycles. The van der Waals surface area contributed by atoms with Gasteiger partial charge in [0.2, 0.25) is 0 Å². The number of fused-ring (bicyclic) bond motifs is 1. The Morgan fingerprint density at radius 1 is 1.22 bits per heavy atom. The zero-order valence-electron chi connectivity index (χ0n) is 12.3. The van der Waals surface area contributed by atoms with Crippen LogP contribution in [0.2, 0.25) is 10.0 Å². The summed E-state index contributed by atoms with van der Waals surface area (Å²) in [5, 5.41) is 3.90. The van der Waals surface area contributed by atoms with Crippen LogP contribution >= 0.6 is 23.2 Å². The SMILES string of the molecule is C[C@H](NC(=O)Nn1cnc2ccccc21)c1ccc(Cl)cc1Cl. The van der Waals surface area contributed by atoms with Gasteiger partial charge in [-0.25, -0.2) is 19.9 Å². The molecule has 0 saturated heterocycles. The number of aromatic nitrogens is 2. The molecule has 1 heterocycles. The second-order valence-electron chi connectivity index (χ2n) is 5.08. The molecule has 0 radical (unpaired) electrons. The van der Waals surface area contributed by atoms with Crippen molar-refractivity contribution in [2.45, 2.75) is 13.0 Å². The summed E-state index contributed by atoms with van der Waals surface area (Å²) < 4.78 is 1.57. The van der Waals surface area contributed by atoms with Gasteiger partial charge in [0, 0.05) is 10.0 Å². The molecule has 5 nitrogen and oxygen atoms in total. The van der Waals surface area contributed by atoms with Gasteiger partial charge in [-0.1, -0.05) is 41.4 Å². The van der Waals surface area contributed by atoms with Gasteiger partial charge >= 0.3 is 6.03 Å². The molecule has 0 fully saturated rings. The average molecular weight is 349 g/mol. The second kappa shape index (κ2) is 6.48. The number of nitrogens with zero attached hydrogens (tertiary/aromatic N) is 2. The Balaban J connectivity index is 1.71. The summed E-state index contributed by atoms with van der Waals surface area (Å²) in [5.41, 5.74) is 5.15. The lowest BCUT2D eigenvalue weighted by Gasteiger charge is -2.17. The van der Waals surface area contributed by atoms with Gasteiger partial charge in [0.25, 0.3) is 0 Å². The third-order valence-electron chi connectivity index (χ3n) is 3.45. The monoisotopic (exact) mass is 348 g/mol. The quantitative estimate of drug-likeness (QED) is 0.738. The zero-order valence-corrected chi connectivity index (χ0v) is 13.8. The minimum atomic E-state index is -0.355. The van der Waals surface area contributed by atoms with Crippen molar-refractivity contribution in [2.75, 3.05) is 5.43 Å². The van der Waals surface area contributed by atoms with Gasteiger partial charge in [0.05, 0.1) is 17.1 Å². The van der Waals surface area contributed by atoms with Gasteiger partial charge in [0.15, 0.2) is 0 Å². The summed E-state index contributed by atoms with van der Waals surface area (Å²) >= 11 is 12.0. The third-order valence-corrected chi connectivity index (χ3v) is 4.01. The smallest absolute Gasteiger partial charge is 0.330 e. The molecule has 0 aliphatic heterocycles. The minimum absolute atomic E-state index is 0.269. The standard InChI is InChI=1S/C16H14Cl2N4O/c1-10(12-7-6-11(17)8-13(12)18)20-16(23)21-22-9-19-14-4-2-3-5-15(14)22/h2-10H,1H3,(H2,20,21,23)/t10-/m0/s1. The van der Waals surface area contributed by atoms with E-state index in [-0.39, 0.29) is 12.1 Å². The Labute approximate surface area is 143 Å². The Morgan fingerprint density at radius 2 is 2.00 bits per heavy atom. The molecule has 2 amide bonds. The first-order valence-electron chi connectivity index (χ1n) is 6.99. The van der Waals surface area contributed by atoms with Crippen molar-refractivity contribution >= 4 is 40.3 Å². The van der Waals surface area contributed by atoms with E-state index in [0.717, 1.165) is 16.6 Å². The lowest BCUT2D eigenvalue weighted by Crippen LogP contribution is -2.35. The van der Waals surface area contributed by atoms with Crippen LogP contribution in [0.25, 0.3) is 11.0 Å². The number of benzene rings is 2. The van der Waals surface area contributed by atoms with E-state index < -0.39 is 0 Å². The molecule has 0 aliphatic rings. The number of para-hydroxylation sites is 2. The van der Waals surface area contributed by atoms with E-state index in [2.05, 4.69) is 15.7 Å². The molecule has 0 unspecified atom stereocenters. The second-order valence-corrected chi connectivity index (χ2v) is 5.92. The summed E-state index contributed by atoms with van der Waals surface area (Å²) in [5.74, 6) is 0. The molecule has 118 valence electrons. The van der Waals surface area contributed by atoms with Crippen molar-refractivity contribution in [2.24, 2.45) is 0 Å². The van der Waals surface area contributed by atoms with Gasteiger partial charge in [-0.3, -0.25) is 0 Å². The Bertz CT molecular complexity index is 862. The van der Waals surface area contributed by atoms with Crippen LogP contribution in [0.1, 0.15) is 18.5 Å². The van der Waals surface area contributed by atoms with Crippen molar-refractivity contribution in [1.29, 1.82) is 0 Å². The first-order chi connectivity index (χ1) is 11.0. The predicted molar refractivity (Wildman–Crippen MR) is 92.5 cm³/mol. The third kappa shape index (κ3) is 3.41. The summed E-state index contributed by atoms with van der Waals surface area (Å²) in [4.78, 5) is 16.4. The number of hydrogen-bond acceptors (Lipinski definition) is 2. The number of rotatable bonds is 3.